The largest absolute Gasteiger partial charge is 0.378 e. The van der Waals surface area contributed by atoms with E-state index in [0.29, 0.717) is 55.4 Å². The minimum Gasteiger partial charge on any atom is -0.378 e. The van der Waals surface area contributed by atoms with Gasteiger partial charge in [-0.25, -0.2) is 9.97 Å². The maximum atomic E-state index is 13.7. The van der Waals surface area contributed by atoms with Crippen molar-refractivity contribution < 1.29 is 14.3 Å². The van der Waals surface area contributed by atoms with Crippen LogP contribution in [0.1, 0.15) is 46.0 Å². The Morgan fingerprint density at radius 3 is 2.48 bits per heavy atom. The molecule has 0 spiro atoms. The van der Waals surface area contributed by atoms with Crippen LogP contribution in [0, 0.1) is 6.92 Å². The summed E-state index contributed by atoms with van der Waals surface area (Å²) < 4.78 is 7.32. The molecule has 5 aromatic rings. The van der Waals surface area contributed by atoms with Crippen molar-refractivity contribution in [2.24, 2.45) is 0 Å². The molecule has 3 heterocycles. The van der Waals surface area contributed by atoms with Crippen molar-refractivity contribution in [3.8, 4) is 11.3 Å². The van der Waals surface area contributed by atoms with Crippen LogP contribution in [0.2, 0.25) is 0 Å². The van der Waals surface area contributed by atoms with Crippen LogP contribution in [0.15, 0.2) is 91.4 Å². The first-order valence-corrected chi connectivity index (χ1v) is 15.1. The van der Waals surface area contributed by atoms with Crippen molar-refractivity contribution in [2.75, 3.05) is 43.1 Å². The van der Waals surface area contributed by atoms with E-state index in [0.717, 1.165) is 41.0 Å². The van der Waals surface area contributed by atoms with Crippen LogP contribution >= 0.6 is 0 Å². The number of aromatic nitrogens is 3. The van der Waals surface area contributed by atoms with Gasteiger partial charge in [0, 0.05) is 66.3 Å². The van der Waals surface area contributed by atoms with E-state index in [1.165, 1.54) is 0 Å². The molecule has 44 heavy (non-hydrogen) atoms. The smallest absolute Gasteiger partial charge is 0.258 e. The van der Waals surface area contributed by atoms with E-state index < -0.39 is 0 Å². The van der Waals surface area contributed by atoms with Gasteiger partial charge in [0.1, 0.15) is 0 Å². The van der Waals surface area contributed by atoms with Gasteiger partial charge in [0.25, 0.3) is 11.8 Å². The van der Waals surface area contributed by atoms with E-state index in [2.05, 4.69) is 17.2 Å². The highest BCUT2D eigenvalue weighted by molar-refractivity contribution is 6.07. The van der Waals surface area contributed by atoms with Crippen LogP contribution in [-0.4, -0.2) is 63.9 Å². The Kier molecular flexibility index (Phi) is 8.65. The van der Waals surface area contributed by atoms with Crippen molar-refractivity contribution in [2.45, 2.75) is 26.7 Å². The van der Waals surface area contributed by atoms with Gasteiger partial charge in [0.05, 0.1) is 18.9 Å². The van der Waals surface area contributed by atoms with Crippen LogP contribution in [-0.2, 0) is 4.74 Å². The first-order valence-electron chi connectivity index (χ1n) is 15.1. The number of anilines is 3. The average Bonchev–Trinajstić information content (AvgIpc) is 3.55. The van der Waals surface area contributed by atoms with E-state index in [-0.39, 0.29) is 11.8 Å². The maximum Gasteiger partial charge on any atom is 0.258 e. The Bertz CT molecular complexity index is 1760. The highest BCUT2D eigenvalue weighted by Crippen LogP contribution is 2.33. The van der Waals surface area contributed by atoms with Gasteiger partial charge in [-0.05, 0) is 61.4 Å². The Balaban J connectivity index is 1.31. The van der Waals surface area contributed by atoms with Crippen molar-refractivity contribution in [1.82, 2.24) is 19.3 Å². The fraction of sp³-hybridized carbons (Fsp3) is 0.257. The zero-order valence-corrected chi connectivity index (χ0v) is 25.1. The van der Waals surface area contributed by atoms with Gasteiger partial charge in [0.15, 0.2) is 11.5 Å². The third-order valence-electron chi connectivity index (χ3n) is 7.94. The van der Waals surface area contributed by atoms with Crippen LogP contribution < -0.4 is 10.2 Å². The SMILES string of the molecule is CCCCN(C(=O)c1ccccc1)c1cccc(-c2cn3ccnc3c(Nc3ccc(C(=O)N4CCOCC4)cc3)n2)c1C. The molecule has 224 valence electrons. The molecular weight excluding hydrogens is 552 g/mol. The van der Waals surface area contributed by atoms with Crippen molar-refractivity contribution in [3.63, 3.8) is 0 Å². The Hall–Kier alpha value is -5.02. The van der Waals surface area contributed by atoms with E-state index in [4.69, 9.17) is 9.72 Å². The van der Waals surface area contributed by atoms with Crippen LogP contribution in [0.3, 0.4) is 0 Å². The Morgan fingerprint density at radius 1 is 0.955 bits per heavy atom. The standard InChI is InChI=1S/C35H36N6O3/c1-3-4-18-41(35(43)26-9-6-5-7-10-26)31-12-8-11-29(25(31)2)30-24-40-19-17-36-33(40)32(38-30)37-28-15-13-27(14-16-28)34(42)39-20-22-44-23-21-39/h5-17,19,24H,3-4,18,20-23H2,1-2H3,(H,37,38). The maximum absolute atomic E-state index is 13.7. The van der Waals surface area contributed by atoms with Gasteiger partial charge in [-0.15, -0.1) is 0 Å². The number of carbonyl (C=O) groups is 2. The molecule has 1 fully saturated rings. The molecule has 0 aliphatic carbocycles. The Labute approximate surface area is 257 Å². The number of hydrogen-bond acceptors (Lipinski definition) is 6. The minimum atomic E-state index is -0.0183. The normalized spacial score (nSPS) is 13.2. The minimum absolute atomic E-state index is 0.00435. The zero-order valence-electron chi connectivity index (χ0n) is 25.1. The predicted molar refractivity (Wildman–Crippen MR) is 173 cm³/mol. The molecule has 0 bridgehead atoms. The lowest BCUT2D eigenvalue weighted by Crippen LogP contribution is -2.40. The number of amides is 2. The second-order valence-corrected chi connectivity index (χ2v) is 10.9. The number of unbranched alkanes of at least 4 members (excludes halogenated alkanes) is 1. The quantitative estimate of drug-likeness (QED) is 0.215. The fourth-order valence-electron chi connectivity index (χ4n) is 5.50. The molecule has 0 unspecified atom stereocenters. The number of nitrogens with zero attached hydrogens (tertiary/aromatic N) is 5. The van der Waals surface area contributed by atoms with Gasteiger partial charge < -0.3 is 24.3 Å². The monoisotopic (exact) mass is 588 g/mol. The summed E-state index contributed by atoms with van der Waals surface area (Å²) in [7, 11) is 0. The van der Waals surface area contributed by atoms with E-state index in [9.17, 15) is 9.59 Å². The van der Waals surface area contributed by atoms with E-state index in [1.54, 1.807) is 6.20 Å². The molecule has 0 saturated carbocycles. The third-order valence-corrected chi connectivity index (χ3v) is 7.94. The molecule has 1 aliphatic heterocycles. The second kappa shape index (κ2) is 13.1. The molecule has 2 amide bonds. The van der Waals surface area contributed by atoms with Crippen LogP contribution in [0.25, 0.3) is 16.9 Å². The molecule has 2 aromatic heterocycles. The number of rotatable bonds is 9. The lowest BCUT2D eigenvalue weighted by atomic mass is 10.0. The fourth-order valence-corrected chi connectivity index (χ4v) is 5.50. The molecule has 9 heteroatoms. The highest BCUT2D eigenvalue weighted by Gasteiger charge is 2.22. The highest BCUT2D eigenvalue weighted by atomic mass is 16.5. The van der Waals surface area contributed by atoms with Crippen molar-refractivity contribution in [1.29, 1.82) is 0 Å². The van der Waals surface area contributed by atoms with Gasteiger partial charge in [0.2, 0.25) is 0 Å². The summed E-state index contributed by atoms with van der Waals surface area (Å²) in [6.45, 7) is 7.13. The first-order chi connectivity index (χ1) is 21.5. The number of carbonyl (C=O) groups excluding carboxylic acids is 2. The van der Waals surface area contributed by atoms with Gasteiger partial charge >= 0.3 is 0 Å². The summed E-state index contributed by atoms with van der Waals surface area (Å²) in [6, 6.07) is 22.9. The molecule has 0 atom stereocenters. The molecule has 1 saturated heterocycles. The molecule has 0 radical (unpaired) electrons. The van der Waals surface area contributed by atoms with Gasteiger partial charge in [-0.3, -0.25) is 9.59 Å². The molecular formula is C35H36N6O3. The number of ether oxygens (including phenoxy) is 1. The van der Waals surface area contributed by atoms with Crippen molar-refractivity contribution in [3.05, 3.63) is 108 Å². The van der Waals surface area contributed by atoms with Crippen LogP contribution in [0.4, 0.5) is 17.2 Å². The first kappa shape index (κ1) is 29.1. The van der Waals surface area contributed by atoms with Gasteiger partial charge in [-0.1, -0.05) is 43.7 Å². The summed E-state index contributed by atoms with van der Waals surface area (Å²) >= 11 is 0. The lowest BCUT2D eigenvalue weighted by molar-refractivity contribution is 0.0303. The summed E-state index contributed by atoms with van der Waals surface area (Å²) in [6.07, 6.45) is 7.46. The predicted octanol–water partition coefficient (Wildman–Crippen LogP) is 6.37. The number of imidazole rings is 1. The molecule has 6 rings (SSSR count). The molecule has 9 nitrogen and oxygen atoms in total. The number of nitrogens with one attached hydrogen (secondary N) is 1. The molecule has 1 aliphatic rings. The Morgan fingerprint density at radius 2 is 1.73 bits per heavy atom. The van der Waals surface area contributed by atoms with E-state index in [1.807, 2.05) is 106 Å². The lowest BCUT2D eigenvalue weighted by Gasteiger charge is -2.26. The zero-order chi connectivity index (χ0) is 30.5. The summed E-state index contributed by atoms with van der Waals surface area (Å²) in [5.74, 6) is 0.577. The number of fused-ring (bicyclic) bond motifs is 1. The average molecular weight is 589 g/mol. The topological polar surface area (TPSA) is 92.1 Å². The summed E-state index contributed by atoms with van der Waals surface area (Å²) in [5.41, 5.74) is 6.28. The second-order valence-electron chi connectivity index (χ2n) is 10.9. The summed E-state index contributed by atoms with van der Waals surface area (Å²) in [4.78, 5) is 39.8. The number of hydrogen-bond donors (Lipinski definition) is 1. The van der Waals surface area contributed by atoms with Gasteiger partial charge in [-0.2, -0.15) is 0 Å². The molecule has 3 aromatic carbocycles. The third kappa shape index (κ3) is 6.05. The van der Waals surface area contributed by atoms with Crippen LogP contribution in [0.5, 0.6) is 0 Å². The summed E-state index contributed by atoms with van der Waals surface area (Å²) in [5, 5.41) is 3.41. The van der Waals surface area contributed by atoms with E-state index >= 15 is 0 Å². The molecule has 1 N–H and O–H groups in total. The number of morpholine rings is 1. The van der Waals surface area contributed by atoms with Crippen molar-refractivity contribution >= 4 is 34.7 Å². The number of benzene rings is 3.